The number of hydrogen-bond donors (Lipinski definition) is 1. The van der Waals surface area contributed by atoms with E-state index >= 15 is 0 Å². The molecule has 0 saturated carbocycles. The van der Waals surface area contributed by atoms with Gasteiger partial charge in [-0.1, -0.05) is 72.8 Å². The highest BCUT2D eigenvalue weighted by molar-refractivity contribution is 7.89. The van der Waals surface area contributed by atoms with Crippen LogP contribution in [-0.4, -0.2) is 21.0 Å². The molecule has 3 rings (SSSR count). The number of ether oxygens (including phenoxy) is 1. The van der Waals surface area contributed by atoms with Crippen LogP contribution in [-0.2, 0) is 19.6 Å². The fraction of sp³-hybridized carbons (Fsp3) is 0.136. The van der Waals surface area contributed by atoms with Crippen molar-refractivity contribution in [3.8, 4) is 11.1 Å². The first-order chi connectivity index (χ1) is 13.5. The van der Waals surface area contributed by atoms with E-state index in [4.69, 9.17) is 4.74 Å². The second-order valence-electron chi connectivity index (χ2n) is 6.11. The van der Waals surface area contributed by atoms with Crippen LogP contribution in [0.2, 0.25) is 0 Å². The maximum Gasteiger partial charge on any atom is 0.328 e. The van der Waals surface area contributed by atoms with E-state index in [0.717, 1.165) is 11.1 Å². The second kappa shape index (κ2) is 8.82. The van der Waals surface area contributed by atoms with Crippen LogP contribution in [0.3, 0.4) is 0 Å². The van der Waals surface area contributed by atoms with E-state index in [2.05, 4.69) is 4.72 Å². The van der Waals surface area contributed by atoms with E-state index in [-0.39, 0.29) is 11.5 Å². The second-order valence-corrected chi connectivity index (χ2v) is 7.82. The molecule has 0 amide bonds. The highest BCUT2D eigenvalue weighted by Crippen LogP contribution is 2.23. The third kappa shape index (κ3) is 4.65. The Balaban J connectivity index is 1.87. The van der Waals surface area contributed by atoms with Crippen molar-refractivity contribution in [2.24, 2.45) is 0 Å². The molecule has 0 bridgehead atoms. The third-order valence-electron chi connectivity index (χ3n) is 4.20. The Hall–Kier alpha value is -2.96. The van der Waals surface area contributed by atoms with Gasteiger partial charge >= 0.3 is 5.97 Å². The van der Waals surface area contributed by atoms with Gasteiger partial charge in [-0.25, -0.2) is 13.2 Å². The first-order valence-corrected chi connectivity index (χ1v) is 10.4. The van der Waals surface area contributed by atoms with Crippen molar-refractivity contribution in [2.75, 3.05) is 6.61 Å². The molecule has 0 aliphatic carbocycles. The molecule has 1 unspecified atom stereocenters. The minimum atomic E-state index is -3.92. The zero-order valence-corrected chi connectivity index (χ0v) is 16.2. The van der Waals surface area contributed by atoms with Gasteiger partial charge in [0, 0.05) is 0 Å². The molecule has 0 heterocycles. The van der Waals surface area contributed by atoms with Gasteiger partial charge in [-0.15, -0.1) is 0 Å². The zero-order valence-electron chi connectivity index (χ0n) is 15.4. The highest BCUT2D eigenvalue weighted by Gasteiger charge is 2.28. The van der Waals surface area contributed by atoms with Crippen molar-refractivity contribution in [3.63, 3.8) is 0 Å². The van der Waals surface area contributed by atoms with Gasteiger partial charge in [0.25, 0.3) is 0 Å². The fourth-order valence-corrected chi connectivity index (χ4v) is 3.98. The first kappa shape index (κ1) is 19.8. The quantitative estimate of drug-likeness (QED) is 0.615. The van der Waals surface area contributed by atoms with Gasteiger partial charge in [-0.3, -0.25) is 0 Å². The predicted molar refractivity (Wildman–Crippen MR) is 108 cm³/mol. The Bertz CT molecular complexity index is 1020. The van der Waals surface area contributed by atoms with Crippen LogP contribution in [0.15, 0.2) is 89.8 Å². The topological polar surface area (TPSA) is 72.5 Å². The molecule has 3 aromatic rings. The first-order valence-electron chi connectivity index (χ1n) is 8.90. The molecule has 0 spiro atoms. The van der Waals surface area contributed by atoms with E-state index < -0.39 is 22.0 Å². The van der Waals surface area contributed by atoms with E-state index in [1.807, 2.05) is 30.3 Å². The van der Waals surface area contributed by atoms with Gasteiger partial charge < -0.3 is 4.74 Å². The Kier molecular flexibility index (Phi) is 6.23. The molecule has 0 aromatic heterocycles. The maximum absolute atomic E-state index is 12.9. The molecule has 0 fully saturated rings. The summed E-state index contributed by atoms with van der Waals surface area (Å²) in [5.41, 5.74) is 2.42. The Morgan fingerprint density at radius 1 is 0.857 bits per heavy atom. The molecule has 1 atom stereocenters. The van der Waals surface area contributed by atoms with Gasteiger partial charge in [0.15, 0.2) is 0 Å². The summed E-state index contributed by atoms with van der Waals surface area (Å²) in [4.78, 5) is 12.4. The number of carbonyl (C=O) groups excluding carboxylic acids is 1. The summed E-state index contributed by atoms with van der Waals surface area (Å²) in [6.45, 7) is 1.84. The fourth-order valence-electron chi connectivity index (χ4n) is 2.80. The molecule has 144 valence electrons. The van der Waals surface area contributed by atoms with Gasteiger partial charge in [0.1, 0.15) is 6.04 Å². The number of esters is 1. The number of nitrogens with one attached hydrogen (secondary N) is 1. The summed E-state index contributed by atoms with van der Waals surface area (Å²) in [6.07, 6.45) is 0. The van der Waals surface area contributed by atoms with E-state index in [1.54, 1.807) is 49.4 Å². The molecule has 0 aliphatic heterocycles. The molecule has 1 N–H and O–H groups in total. The van der Waals surface area contributed by atoms with Gasteiger partial charge in [-0.05, 0) is 35.7 Å². The van der Waals surface area contributed by atoms with Gasteiger partial charge in [0.05, 0.1) is 11.5 Å². The number of sulfonamides is 1. The summed E-state index contributed by atoms with van der Waals surface area (Å²) in [7, 11) is -3.92. The monoisotopic (exact) mass is 395 g/mol. The van der Waals surface area contributed by atoms with Crippen LogP contribution in [0.4, 0.5) is 0 Å². The van der Waals surface area contributed by atoms with E-state index in [1.165, 1.54) is 12.1 Å². The lowest BCUT2D eigenvalue weighted by Crippen LogP contribution is -2.35. The van der Waals surface area contributed by atoms with Crippen LogP contribution >= 0.6 is 0 Å². The molecule has 0 aliphatic rings. The number of benzene rings is 3. The summed E-state index contributed by atoms with van der Waals surface area (Å²) in [6, 6.07) is 23.7. The Morgan fingerprint density at radius 3 is 1.96 bits per heavy atom. The summed E-state index contributed by atoms with van der Waals surface area (Å²) in [5, 5.41) is 0. The molecular formula is C22H21NO4S. The average Bonchev–Trinajstić information content (AvgIpc) is 2.73. The molecule has 0 saturated heterocycles. The number of hydrogen-bond acceptors (Lipinski definition) is 4. The van der Waals surface area contributed by atoms with Gasteiger partial charge in [0.2, 0.25) is 10.0 Å². The molecule has 5 nitrogen and oxygen atoms in total. The summed E-state index contributed by atoms with van der Waals surface area (Å²) < 4.78 is 33.2. The van der Waals surface area contributed by atoms with Crippen LogP contribution in [0.5, 0.6) is 0 Å². The minimum absolute atomic E-state index is 0.0809. The zero-order chi connectivity index (χ0) is 20.0. The third-order valence-corrected chi connectivity index (χ3v) is 5.64. The molecule has 3 aromatic carbocycles. The lowest BCUT2D eigenvalue weighted by atomic mass is 10.1. The highest BCUT2D eigenvalue weighted by atomic mass is 32.2. The van der Waals surface area contributed by atoms with Crippen molar-refractivity contribution in [3.05, 3.63) is 90.5 Å². The Labute approximate surface area is 165 Å². The van der Waals surface area contributed by atoms with Crippen molar-refractivity contribution < 1.29 is 17.9 Å². The predicted octanol–water partition coefficient (Wildman–Crippen LogP) is 3.94. The summed E-state index contributed by atoms with van der Waals surface area (Å²) in [5.74, 6) is -0.641. The lowest BCUT2D eigenvalue weighted by molar-refractivity contribution is -0.145. The SMILES string of the molecule is CCOC(=O)C(NS(=O)(=O)c1ccc(-c2ccccc2)cc1)c1ccccc1. The Morgan fingerprint density at radius 2 is 1.39 bits per heavy atom. The standard InChI is InChI=1S/C22H21NO4S/c1-2-27-22(24)21(19-11-7-4-8-12-19)23-28(25,26)20-15-13-18(14-16-20)17-9-5-3-6-10-17/h3-16,21,23H,2H2,1H3. The van der Waals surface area contributed by atoms with Crippen molar-refractivity contribution in [1.29, 1.82) is 0 Å². The molecular weight excluding hydrogens is 374 g/mol. The number of rotatable bonds is 7. The van der Waals surface area contributed by atoms with E-state index in [0.29, 0.717) is 5.56 Å². The van der Waals surface area contributed by atoms with Crippen LogP contribution < -0.4 is 4.72 Å². The van der Waals surface area contributed by atoms with Crippen molar-refractivity contribution >= 4 is 16.0 Å². The van der Waals surface area contributed by atoms with Crippen molar-refractivity contribution in [2.45, 2.75) is 17.9 Å². The normalized spacial score (nSPS) is 12.3. The molecule has 0 radical (unpaired) electrons. The maximum atomic E-state index is 12.9. The average molecular weight is 395 g/mol. The van der Waals surface area contributed by atoms with Gasteiger partial charge in [-0.2, -0.15) is 4.72 Å². The van der Waals surface area contributed by atoms with Crippen LogP contribution in [0.25, 0.3) is 11.1 Å². The lowest BCUT2D eigenvalue weighted by Gasteiger charge is -2.18. The van der Waals surface area contributed by atoms with E-state index in [9.17, 15) is 13.2 Å². The number of carbonyl (C=O) groups is 1. The molecule has 28 heavy (non-hydrogen) atoms. The molecule has 6 heteroatoms. The smallest absolute Gasteiger partial charge is 0.328 e. The minimum Gasteiger partial charge on any atom is -0.465 e. The van der Waals surface area contributed by atoms with Crippen LogP contribution in [0.1, 0.15) is 18.5 Å². The summed E-state index contributed by atoms with van der Waals surface area (Å²) >= 11 is 0. The van der Waals surface area contributed by atoms with Crippen LogP contribution in [0, 0.1) is 0 Å². The van der Waals surface area contributed by atoms with Crippen molar-refractivity contribution in [1.82, 2.24) is 4.72 Å². The largest absolute Gasteiger partial charge is 0.465 e.